The molecule has 1 unspecified atom stereocenters. The monoisotopic (exact) mass is 265 g/mol. The molecule has 7 heteroatoms. The highest BCUT2D eigenvalue weighted by Gasteiger charge is 2.42. The molecule has 2 saturated carbocycles. The maximum atomic E-state index is 11.8. The Bertz CT molecular complexity index is 531. The molecule has 0 spiro atoms. The normalized spacial score (nSPS) is 20.1. The summed E-state index contributed by atoms with van der Waals surface area (Å²) in [6, 6.07) is -0.517. The van der Waals surface area contributed by atoms with Gasteiger partial charge in [-0.05, 0) is 31.6 Å². The zero-order chi connectivity index (χ0) is 13.6. The third-order valence-electron chi connectivity index (χ3n) is 3.70. The minimum atomic E-state index is -0.517. The Kier molecular flexibility index (Phi) is 2.76. The van der Waals surface area contributed by atoms with Crippen LogP contribution in [0, 0.1) is 16.0 Å². The Labute approximate surface area is 109 Å². The molecule has 2 fully saturated rings. The van der Waals surface area contributed by atoms with Gasteiger partial charge in [-0.25, -0.2) is 4.79 Å². The lowest BCUT2D eigenvalue weighted by Gasteiger charge is -2.13. The fraction of sp³-hybridized carbons (Fsp3) is 0.667. The third-order valence-corrected chi connectivity index (χ3v) is 3.70. The summed E-state index contributed by atoms with van der Waals surface area (Å²) in [5, 5.41) is 15.3. The van der Waals surface area contributed by atoms with Crippen LogP contribution in [-0.2, 0) is 9.53 Å². The van der Waals surface area contributed by atoms with E-state index in [1.54, 1.807) is 0 Å². The number of ether oxygens (including phenoxy) is 1. The van der Waals surface area contributed by atoms with Crippen molar-refractivity contribution in [3.8, 4) is 0 Å². The Hall–Kier alpha value is -1.92. The van der Waals surface area contributed by atoms with Crippen LogP contribution in [0.4, 0.5) is 5.69 Å². The van der Waals surface area contributed by atoms with Gasteiger partial charge in [-0.15, -0.1) is 0 Å². The molecule has 1 aromatic rings. The van der Waals surface area contributed by atoms with E-state index in [1.807, 2.05) is 0 Å². The molecule has 0 aliphatic heterocycles. The van der Waals surface area contributed by atoms with E-state index in [0.717, 1.165) is 25.7 Å². The number of hydrogen-bond acceptors (Lipinski definition) is 5. The van der Waals surface area contributed by atoms with Crippen molar-refractivity contribution >= 4 is 11.7 Å². The van der Waals surface area contributed by atoms with Gasteiger partial charge in [-0.1, -0.05) is 0 Å². The summed E-state index contributed by atoms with van der Waals surface area (Å²) in [5.41, 5.74) is 0.539. The quantitative estimate of drug-likeness (QED) is 0.460. The number of esters is 1. The third kappa shape index (κ3) is 2.20. The smallest absolute Gasteiger partial charge is 0.330 e. The van der Waals surface area contributed by atoms with Gasteiger partial charge in [0.1, 0.15) is 11.9 Å². The van der Waals surface area contributed by atoms with Gasteiger partial charge in [-0.3, -0.25) is 14.8 Å². The number of nitro groups is 1. The van der Waals surface area contributed by atoms with E-state index in [2.05, 4.69) is 5.10 Å². The van der Waals surface area contributed by atoms with Crippen molar-refractivity contribution in [2.75, 3.05) is 7.11 Å². The van der Waals surface area contributed by atoms with Crippen LogP contribution in [0.25, 0.3) is 0 Å². The highest BCUT2D eigenvalue weighted by molar-refractivity contribution is 5.75. The molecule has 2 aliphatic rings. The molecule has 19 heavy (non-hydrogen) atoms. The van der Waals surface area contributed by atoms with E-state index in [4.69, 9.17) is 4.74 Å². The highest BCUT2D eigenvalue weighted by Crippen LogP contribution is 2.45. The number of methoxy groups -OCH3 is 1. The Balaban J connectivity index is 1.96. The SMILES string of the molecule is COC(=O)C(C1CC1)n1cc([N+](=O)[O-])c(C2CC2)n1. The summed E-state index contributed by atoms with van der Waals surface area (Å²) < 4.78 is 6.22. The second-order valence-electron chi connectivity index (χ2n) is 5.22. The topological polar surface area (TPSA) is 87.3 Å². The maximum Gasteiger partial charge on any atom is 0.330 e. The largest absolute Gasteiger partial charge is 0.467 e. The first-order valence-electron chi connectivity index (χ1n) is 6.43. The lowest BCUT2D eigenvalue weighted by Crippen LogP contribution is -2.23. The lowest BCUT2D eigenvalue weighted by molar-refractivity contribution is -0.385. The van der Waals surface area contributed by atoms with Crippen molar-refractivity contribution in [3.05, 3.63) is 22.0 Å². The van der Waals surface area contributed by atoms with E-state index >= 15 is 0 Å². The van der Waals surface area contributed by atoms with E-state index in [0.29, 0.717) is 5.69 Å². The van der Waals surface area contributed by atoms with Gasteiger partial charge < -0.3 is 4.74 Å². The average molecular weight is 265 g/mol. The second kappa shape index (κ2) is 4.32. The van der Waals surface area contributed by atoms with Gasteiger partial charge in [0.15, 0.2) is 6.04 Å². The number of aromatic nitrogens is 2. The molecule has 1 atom stereocenters. The van der Waals surface area contributed by atoms with Gasteiger partial charge in [0.25, 0.3) is 0 Å². The van der Waals surface area contributed by atoms with Gasteiger partial charge in [0.2, 0.25) is 0 Å². The van der Waals surface area contributed by atoms with Gasteiger partial charge in [0, 0.05) is 5.92 Å². The molecule has 0 saturated heterocycles. The lowest BCUT2D eigenvalue weighted by atomic mass is 10.2. The van der Waals surface area contributed by atoms with Crippen LogP contribution in [0.3, 0.4) is 0 Å². The zero-order valence-corrected chi connectivity index (χ0v) is 10.6. The highest BCUT2D eigenvalue weighted by atomic mass is 16.6. The molecule has 0 radical (unpaired) electrons. The number of nitrogens with zero attached hydrogens (tertiary/aromatic N) is 3. The van der Waals surface area contributed by atoms with Gasteiger partial charge in [0.05, 0.1) is 12.0 Å². The minimum absolute atomic E-state index is 0.0250. The maximum absolute atomic E-state index is 11.8. The van der Waals surface area contributed by atoms with Crippen LogP contribution in [-0.4, -0.2) is 27.8 Å². The first-order chi connectivity index (χ1) is 9.11. The average Bonchev–Trinajstić information content (AvgIpc) is 3.28. The van der Waals surface area contributed by atoms with Crippen LogP contribution in [0.5, 0.6) is 0 Å². The van der Waals surface area contributed by atoms with Crippen molar-refractivity contribution in [3.63, 3.8) is 0 Å². The summed E-state index contributed by atoms with van der Waals surface area (Å²) in [4.78, 5) is 22.4. The first kappa shape index (κ1) is 12.1. The molecule has 102 valence electrons. The van der Waals surface area contributed by atoms with Crippen LogP contribution in [0.15, 0.2) is 6.20 Å². The molecule has 2 aliphatic carbocycles. The summed E-state index contributed by atoms with van der Waals surface area (Å²) in [6.45, 7) is 0. The van der Waals surface area contributed by atoms with E-state index in [1.165, 1.54) is 18.0 Å². The summed E-state index contributed by atoms with van der Waals surface area (Å²) in [7, 11) is 1.33. The predicted molar refractivity (Wildman–Crippen MR) is 64.6 cm³/mol. The van der Waals surface area contributed by atoms with Crippen molar-refractivity contribution < 1.29 is 14.5 Å². The molecule has 0 bridgehead atoms. The molecular formula is C12H15N3O4. The van der Waals surface area contributed by atoms with Crippen LogP contribution in [0.1, 0.15) is 43.3 Å². The number of hydrogen-bond donors (Lipinski definition) is 0. The number of rotatable bonds is 5. The molecule has 1 heterocycles. The molecule has 0 aromatic carbocycles. The summed E-state index contributed by atoms with van der Waals surface area (Å²) >= 11 is 0. The predicted octanol–water partition coefficient (Wildman–Crippen LogP) is 1.79. The molecule has 3 rings (SSSR count). The molecule has 7 nitrogen and oxygen atoms in total. The van der Waals surface area contributed by atoms with Crippen molar-refractivity contribution in [1.29, 1.82) is 0 Å². The Morgan fingerprint density at radius 1 is 1.53 bits per heavy atom. The minimum Gasteiger partial charge on any atom is -0.467 e. The standard InChI is InChI=1S/C12H15N3O4/c1-19-12(16)11(8-4-5-8)14-6-9(15(17)18)10(13-14)7-2-3-7/h6-8,11H,2-5H2,1H3. The first-order valence-corrected chi connectivity index (χ1v) is 6.43. The second-order valence-corrected chi connectivity index (χ2v) is 5.22. The van der Waals surface area contributed by atoms with E-state index < -0.39 is 11.0 Å². The van der Waals surface area contributed by atoms with E-state index in [9.17, 15) is 14.9 Å². The van der Waals surface area contributed by atoms with Gasteiger partial charge >= 0.3 is 11.7 Å². The molecule has 0 N–H and O–H groups in total. The van der Waals surface area contributed by atoms with E-state index in [-0.39, 0.29) is 23.5 Å². The summed E-state index contributed by atoms with van der Waals surface area (Å²) in [5.74, 6) is 0.000372. The molecule has 1 aromatic heterocycles. The van der Waals surface area contributed by atoms with Crippen molar-refractivity contribution in [2.45, 2.75) is 37.6 Å². The number of carbonyl (C=O) groups excluding carboxylic acids is 1. The fourth-order valence-corrected chi connectivity index (χ4v) is 2.38. The molecule has 0 amide bonds. The zero-order valence-electron chi connectivity index (χ0n) is 10.6. The van der Waals surface area contributed by atoms with Crippen molar-refractivity contribution in [2.24, 2.45) is 5.92 Å². The number of carbonyl (C=O) groups is 1. The molecular weight excluding hydrogens is 250 g/mol. The van der Waals surface area contributed by atoms with Crippen LogP contribution in [0.2, 0.25) is 0 Å². The van der Waals surface area contributed by atoms with Crippen LogP contribution < -0.4 is 0 Å². The Morgan fingerprint density at radius 2 is 2.21 bits per heavy atom. The van der Waals surface area contributed by atoms with Crippen LogP contribution >= 0.6 is 0 Å². The summed E-state index contributed by atoms with van der Waals surface area (Å²) in [6.07, 6.45) is 5.13. The Morgan fingerprint density at radius 3 is 2.68 bits per heavy atom. The fourth-order valence-electron chi connectivity index (χ4n) is 2.38. The van der Waals surface area contributed by atoms with Gasteiger partial charge in [-0.2, -0.15) is 5.10 Å². The van der Waals surface area contributed by atoms with Crippen molar-refractivity contribution in [1.82, 2.24) is 9.78 Å².